The van der Waals surface area contributed by atoms with Crippen LogP contribution in [0, 0.1) is 52.3 Å². The molecule has 0 bridgehead atoms. The van der Waals surface area contributed by atoms with Gasteiger partial charge in [0.2, 0.25) is 0 Å². The Morgan fingerprint density at radius 3 is 2.61 bits per heavy atom. The fraction of sp³-hybridized carbons (Fsp3) is 0.655. The summed E-state index contributed by atoms with van der Waals surface area (Å²) in [5.74, 6) is 14.4. The van der Waals surface area contributed by atoms with Crippen molar-refractivity contribution in [1.82, 2.24) is 0 Å². The minimum Gasteiger partial charge on any atom is -0.393 e. The smallest absolute Gasteiger partial charge is 0.0811 e. The predicted molar refractivity (Wildman–Crippen MR) is 129 cm³/mol. The molecule has 0 heterocycles. The summed E-state index contributed by atoms with van der Waals surface area (Å²) in [7, 11) is 0. The molecule has 3 aliphatic rings. The summed E-state index contributed by atoms with van der Waals surface area (Å²) in [5.41, 5.74) is 3.58. The molecule has 168 valence electrons. The third kappa shape index (κ3) is 5.55. The van der Waals surface area contributed by atoms with Crippen LogP contribution in [0.2, 0.25) is 0 Å². The van der Waals surface area contributed by atoms with E-state index in [0.717, 1.165) is 17.6 Å². The van der Waals surface area contributed by atoms with Gasteiger partial charge in [0.1, 0.15) is 0 Å². The molecule has 2 N–H and O–H groups in total. The molecule has 2 nitrogen and oxygen atoms in total. The van der Waals surface area contributed by atoms with Crippen molar-refractivity contribution in [2.24, 2.45) is 28.6 Å². The van der Waals surface area contributed by atoms with E-state index in [-0.39, 0.29) is 10.8 Å². The summed E-state index contributed by atoms with van der Waals surface area (Å²) in [6.45, 7) is 15.1. The molecule has 0 aromatic carbocycles. The number of aliphatic hydroxyl groups excluding tert-OH is 2. The minimum absolute atomic E-state index is 0.00431. The van der Waals surface area contributed by atoms with Gasteiger partial charge in [-0.05, 0) is 99.5 Å². The maximum Gasteiger partial charge on any atom is 0.0811 e. The van der Waals surface area contributed by atoms with Crippen molar-refractivity contribution in [3.05, 3.63) is 35.5 Å². The van der Waals surface area contributed by atoms with Gasteiger partial charge in [-0.1, -0.05) is 50.0 Å². The van der Waals surface area contributed by atoms with Gasteiger partial charge in [0.25, 0.3) is 0 Å². The van der Waals surface area contributed by atoms with Crippen LogP contribution in [-0.4, -0.2) is 22.4 Å². The van der Waals surface area contributed by atoms with Crippen molar-refractivity contribution >= 4 is 0 Å². The van der Waals surface area contributed by atoms with E-state index in [1.54, 1.807) is 0 Å². The van der Waals surface area contributed by atoms with Gasteiger partial charge in [0.05, 0.1) is 12.2 Å². The highest BCUT2D eigenvalue weighted by molar-refractivity contribution is 5.39. The topological polar surface area (TPSA) is 40.5 Å². The maximum absolute atomic E-state index is 10.1. The van der Waals surface area contributed by atoms with E-state index >= 15 is 0 Å². The Bertz CT molecular complexity index is 876. The molecule has 0 aromatic rings. The second-order valence-corrected chi connectivity index (χ2v) is 11.2. The zero-order chi connectivity index (χ0) is 22.8. The monoisotopic (exact) mass is 420 g/mol. The van der Waals surface area contributed by atoms with Crippen molar-refractivity contribution in [1.29, 1.82) is 0 Å². The molecule has 3 aliphatic carbocycles. The fourth-order valence-corrected chi connectivity index (χ4v) is 6.04. The third-order valence-corrected chi connectivity index (χ3v) is 7.71. The number of rotatable bonds is 2. The van der Waals surface area contributed by atoms with E-state index in [4.69, 9.17) is 0 Å². The van der Waals surface area contributed by atoms with Crippen molar-refractivity contribution in [3.8, 4) is 23.7 Å². The van der Waals surface area contributed by atoms with Crippen molar-refractivity contribution < 1.29 is 10.2 Å². The summed E-state index contributed by atoms with van der Waals surface area (Å²) < 4.78 is 0. The lowest BCUT2D eigenvalue weighted by Crippen LogP contribution is -2.35. The molecule has 0 spiro atoms. The Labute approximate surface area is 189 Å². The van der Waals surface area contributed by atoms with Crippen LogP contribution in [0.1, 0.15) is 79.6 Å². The highest BCUT2D eigenvalue weighted by Crippen LogP contribution is 2.59. The average molecular weight is 421 g/mol. The van der Waals surface area contributed by atoms with Gasteiger partial charge in [-0.3, -0.25) is 0 Å². The van der Waals surface area contributed by atoms with Gasteiger partial charge in [0, 0.05) is 17.8 Å². The lowest BCUT2D eigenvalue weighted by atomic mass is 9.61. The van der Waals surface area contributed by atoms with Crippen molar-refractivity contribution in [2.75, 3.05) is 0 Å². The first-order chi connectivity index (χ1) is 14.5. The molecular weight excluding hydrogens is 380 g/mol. The lowest BCUT2D eigenvalue weighted by Gasteiger charge is -2.43. The van der Waals surface area contributed by atoms with Gasteiger partial charge in [-0.2, -0.15) is 0 Å². The van der Waals surface area contributed by atoms with E-state index in [0.29, 0.717) is 30.6 Å². The van der Waals surface area contributed by atoms with E-state index in [2.05, 4.69) is 77.0 Å². The first kappa shape index (κ1) is 23.9. The Morgan fingerprint density at radius 2 is 1.90 bits per heavy atom. The first-order valence-electron chi connectivity index (χ1n) is 12.0. The third-order valence-electron chi connectivity index (χ3n) is 7.71. The molecule has 31 heavy (non-hydrogen) atoms. The largest absolute Gasteiger partial charge is 0.393 e. The Kier molecular flexibility index (Phi) is 7.25. The summed E-state index contributed by atoms with van der Waals surface area (Å²) in [6.07, 6.45) is 10.4. The standard InChI is InChI=1S/C29H40O2/c1-20(10-7-8-16-28(3,4)5)25-14-15-26-22(11-9-17-29(25,26)6)12-13-23-18-24(30)19-27(31)21(23)2/h12-13,20,24-27,30-31H,2,9,11,14-15,17-19H2,1,3-6H3/b22-12+,23-13-/t20-,24+,25+,26-,27-,29+/m0/s1. The molecule has 0 amide bonds. The van der Waals surface area contributed by atoms with Crippen LogP contribution < -0.4 is 0 Å². The van der Waals surface area contributed by atoms with Crippen molar-refractivity contribution in [2.45, 2.75) is 91.8 Å². The Hall–Kier alpha value is -1.74. The number of fused-ring (bicyclic) bond motifs is 1. The van der Waals surface area contributed by atoms with E-state index < -0.39 is 12.2 Å². The maximum atomic E-state index is 10.1. The number of hydrogen-bond donors (Lipinski definition) is 2. The first-order valence-corrected chi connectivity index (χ1v) is 12.0. The van der Waals surface area contributed by atoms with Gasteiger partial charge in [0.15, 0.2) is 0 Å². The predicted octanol–water partition coefficient (Wildman–Crippen LogP) is 5.82. The molecule has 3 saturated carbocycles. The second kappa shape index (κ2) is 9.40. The normalized spacial score (nSPS) is 36.9. The van der Waals surface area contributed by atoms with E-state index in [9.17, 15) is 10.2 Å². The van der Waals surface area contributed by atoms with Crippen LogP contribution in [0.5, 0.6) is 0 Å². The van der Waals surface area contributed by atoms with Crippen LogP contribution in [0.15, 0.2) is 35.5 Å². The highest BCUT2D eigenvalue weighted by atomic mass is 16.3. The average Bonchev–Trinajstić information content (AvgIpc) is 3.03. The zero-order valence-electron chi connectivity index (χ0n) is 20.1. The van der Waals surface area contributed by atoms with E-state index in [1.165, 1.54) is 31.3 Å². The molecule has 0 aromatic heterocycles. The molecule has 2 heteroatoms. The Balaban J connectivity index is 1.77. The molecule has 0 aliphatic heterocycles. The summed E-state index contributed by atoms with van der Waals surface area (Å²) in [5, 5.41) is 20.2. The fourth-order valence-electron chi connectivity index (χ4n) is 6.04. The summed E-state index contributed by atoms with van der Waals surface area (Å²) >= 11 is 0. The molecule has 0 saturated heterocycles. The van der Waals surface area contributed by atoms with Gasteiger partial charge < -0.3 is 10.2 Å². The number of hydrogen-bond acceptors (Lipinski definition) is 2. The van der Waals surface area contributed by atoms with Gasteiger partial charge in [-0.15, -0.1) is 0 Å². The Morgan fingerprint density at radius 1 is 1.16 bits per heavy atom. The van der Waals surface area contributed by atoms with Crippen molar-refractivity contribution in [3.63, 3.8) is 0 Å². The van der Waals surface area contributed by atoms with Crippen LogP contribution in [0.25, 0.3) is 0 Å². The SMILES string of the molecule is C=C1/C(=C\C=C2/CCC[C@]3(C)[C@@H]([C@@H](C)C#CC#CC(C)(C)C)CC[C@@H]23)C[C@@H](O)C[C@@H]1O. The van der Waals surface area contributed by atoms with Crippen LogP contribution >= 0.6 is 0 Å². The number of aliphatic hydroxyl groups is 2. The quantitative estimate of drug-likeness (QED) is 0.553. The molecule has 0 radical (unpaired) electrons. The second-order valence-electron chi connectivity index (χ2n) is 11.2. The molecule has 0 unspecified atom stereocenters. The van der Waals surface area contributed by atoms with Gasteiger partial charge >= 0.3 is 0 Å². The van der Waals surface area contributed by atoms with Crippen LogP contribution in [-0.2, 0) is 0 Å². The van der Waals surface area contributed by atoms with Crippen LogP contribution in [0.3, 0.4) is 0 Å². The molecule has 3 rings (SSSR count). The minimum atomic E-state index is -0.623. The molecule has 6 atom stereocenters. The van der Waals surface area contributed by atoms with E-state index in [1.807, 2.05) is 0 Å². The summed E-state index contributed by atoms with van der Waals surface area (Å²) in [4.78, 5) is 0. The highest BCUT2D eigenvalue weighted by Gasteiger charge is 2.50. The zero-order valence-corrected chi connectivity index (χ0v) is 20.1. The lowest BCUT2D eigenvalue weighted by molar-refractivity contribution is 0.0862. The molecular formula is C29H40O2. The summed E-state index contributed by atoms with van der Waals surface area (Å²) in [6, 6.07) is 0. The van der Waals surface area contributed by atoms with Gasteiger partial charge in [-0.25, -0.2) is 0 Å². The van der Waals surface area contributed by atoms with Crippen LogP contribution in [0.4, 0.5) is 0 Å². The number of allylic oxidation sites excluding steroid dienone is 3. The molecule has 3 fully saturated rings.